The van der Waals surface area contributed by atoms with Crippen molar-refractivity contribution in [1.29, 1.82) is 0 Å². The van der Waals surface area contributed by atoms with Crippen molar-refractivity contribution in [3.05, 3.63) is 16.1 Å². The van der Waals surface area contributed by atoms with E-state index in [1.54, 1.807) is 0 Å². The van der Waals surface area contributed by atoms with E-state index >= 15 is 0 Å². The van der Waals surface area contributed by atoms with Crippen LogP contribution in [0.3, 0.4) is 0 Å². The van der Waals surface area contributed by atoms with Gasteiger partial charge in [-0.2, -0.15) is 0 Å². The van der Waals surface area contributed by atoms with E-state index in [1.807, 2.05) is 0 Å². The van der Waals surface area contributed by atoms with E-state index in [9.17, 15) is 4.79 Å². The minimum atomic E-state index is 0.283. The normalized spacial score (nSPS) is 10.4. The summed E-state index contributed by atoms with van der Waals surface area (Å²) in [7, 11) is 0. The third-order valence-electron chi connectivity index (χ3n) is 1.65. The maximum atomic E-state index is 10.3. The van der Waals surface area contributed by atoms with Gasteiger partial charge in [-0.1, -0.05) is 23.2 Å². The van der Waals surface area contributed by atoms with E-state index < -0.39 is 0 Å². The molecular formula is C7H3Cl2N3O2. The van der Waals surface area contributed by atoms with Crippen LogP contribution in [0, 0.1) is 0 Å². The number of fused-ring (bicyclic) bond motifs is 1. The highest BCUT2D eigenvalue weighted by Gasteiger charge is 2.14. The Hall–Kier alpha value is -1.33. The van der Waals surface area contributed by atoms with Gasteiger partial charge in [0.05, 0.1) is 15.7 Å². The van der Waals surface area contributed by atoms with Crippen LogP contribution < -0.4 is 5.32 Å². The van der Waals surface area contributed by atoms with Crippen LogP contribution in [0.5, 0.6) is 0 Å². The maximum absolute atomic E-state index is 10.3. The van der Waals surface area contributed by atoms with Gasteiger partial charge in [0.1, 0.15) is 0 Å². The summed E-state index contributed by atoms with van der Waals surface area (Å²) in [6.07, 6.45) is 0.489. The van der Waals surface area contributed by atoms with Gasteiger partial charge >= 0.3 is 0 Å². The van der Waals surface area contributed by atoms with E-state index in [4.69, 9.17) is 23.2 Å². The van der Waals surface area contributed by atoms with E-state index in [0.29, 0.717) is 28.2 Å². The summed E-state index contributed by atoms with van der Waals surface area (Å²) in [6, 6.07) is 1.46. The second-order valence-electron chi connectivity index (χ2n) is 2.44. The third kappa shape index (κ3) is 1.30. The van der Waals surface area contributed by atoms with E-state index in [1.165, 1.54) is 6.07 Å². The number of nitrogens with zero attached hydrogens (tertiary/aromatic N) is 2. The number of nitrogens with one attached hydrogen (secondary N) is 1. The van der Waals surface area contributed by atoms with Crippen LogP contribution in [0.1, 0.15) is 0 Å². The number of aromatic nitrogens is 2. The Balaban J connectivity index is 2.79. The van der Waals surface area contributed by atoms with E-state index in [2.05, 4.69) is 20.3 Å². The molecule has 0 fully saturated rings. The fraction of sp³-hybridized carbons (Fsp3) is 0. The van der Waals surface area contributed by atoms with Crippen LogP contribution in [0.4, 0.5) is 5.69 Å². The highest BCUT2D eigenvalue weighted by atomic mass is 35.5. The Kier molecular flexibility index (Phi) is 2.26. The van der Waals surface area contributed by atoms with Crippen LogP contribution in [0.15, 0.2) is 10.7 Å². The van der Waals surface area contributed by atoms with E-state index in [0.717, 1.165) is 0 Å². The molecule has 0 spiro atoms. The molecule has 1 heterocycles. The molecule has 14 heavy (non-hydrogen) atoms. The van der Waals surface area contributed by atoms with Crippen molar-refractivity contribution in [3.63, 3.8) is 0 Å². The van der Waals surface area contributed by atoms with Crippen molar-refractivity contribution in [1.82, 2.24) is 10.3 Å². The molecule has 2 aromatic rings. The molecule has 0 saturated carbocycles. The van der Waals surface area contributed by atoms with Gasteiger partial charge < -0.3 is 5.32 Å². The van der Waals surface area contributed by atoms with Gasteiger partial charge in [0.15, 0.2) is 11.0 Å². The van der Waals surface area contributed by atoms with Gasteiger partial charge in [0.25, 0.3) is 0 Å². The summed E-state index contributed by atoms with van der Waals surface area (Å²) in [5.74, 6) is 0. The smallest absolute Gasteiger partial charge is 0.211 e. The lowest BCUT2D eigenvalue weighted by Crippen LogP contribution is -1.96. The lowest BCUT2D eigenvalue weighted by molar-refractivity contribution is -0.105. The van der Waals surface area contributed by atoms with Crippen LogP contribution in [-0.4, -0.2) is 16.7 Å². The number of carbonyl (C=O) groups excluding carboxylic acids is 1. The molecule has 7 heteroatoms. The Morgan fingerprint density at radius 2 is 2.00 bits per heavy atom. The number of hydrogen-bond donors (Lipinski definition) is 1. The first kappa shape index (κ1) is 9.23. The van der Waals surface area contributed by atoms with Crippen LogP contribution in [0.25, 0.3) is 11.0 Å². The van der Waals surface area contributed by atoms with Gasteiger partial charge in [0, 0.05) is 0 Å². The maximum Gasteiger partial charge on any atom is 0.211 e. The minimum absolute atomic E-state index is 0.283. The number of carbonyl (C=O) groups is 1. The fourth-order valence-corrected chi connectivity index (χ4v) is 1.61. The Morgan fingerprint density at radius 3 is 2.71 bits per heavy atom. The second-order valence-corrected chi connectivity index (χ2v) is 3.25. The zero-order chi connectivity index (χ0) is 10.1. The average molecular weight is 232 g/mol. The largest absolute Gasteiger partial charge is 0.325 e. The molecule has 0 saturated heterocycles. The molecule has 1 aromatic heterocycles. The Bertz CT molecular complexity index is 497. The first-order valence-corrected chi connectivity index (χ1v) is 4.30. The minimum Gasteiger partial charge on any atom is -0.325 e. The van der Waals surface area contributed by atoms with Crippen LogP contribution in [-0.2, 0) is 4.79 Å². The average Bonchev–Trinajstić information content (AvgIpc) is 2.60. The summed E-state index contributed by atoms with van der Waals surface area (Å²) >= 11 is 11.6. The van der Waals surface area contributed by atoms with Gasteiger partial charge in [-0.3, -0.25) is 4.79 Å². The molecule has 1 amide bonds. The van der Waals surface area contributed by atoms with Gasteiger partial charge in [-0.15, -0.1) is 0 Å². The Labute approximate surface area is 87.9 Å². The summed E-state index contributed by atoms with van der Waals surface area (Å²) in [5, 5.41) is 10.2. The van der Waals surface area contributed by atoms with Crippen molar-refractivity contribution in [2.75, 3.05) is 5.32 Å². The molecule has 0 atom stereocenters. The zero-order valence-electron chi connectivity index (χ0n) is 6.62. The number of halogens is 2. The predicted molar refractivity (Wildman–Crippen MR) is 51.5 cm³/mol. The quantitative estimate of drug-likeness (QED) is 0.805. The molecule has 0 aliphatic carbocycles. The molecule has 1 aromatic carbocycles. The van der Waals surface area contributed by atoms with Crippen molar-refractivity contribution < 1.29 is 9.42 Å². The van der Waals surface area contributed by atoms with Crippen molar-refractivity contribution in [3.8, 4) is 0 Å². The monoisotopic (exact) mass is 231 g/mol. The number of amides is 1. The standard InChI is InChI=1S/C7H3Cl2N3O2/c8-3-1-4(9)6-7(12-14-11-6)5(3)10-2-13/h1-2H,(H,10,13). The van der Waals surface area contributed by atoms with E-state index in [-0.39, 0.29) is 5.02 Å². The molecule has 0 radical (unpaired) electrons. The second kappa shape index (κ2) is 3.43. The lowest BCUT2D eigenvalue weighted by atomic mass is 10.2. The van der Waals surface area contributed by atoms with Crippen molar-refractivity contribution >= 4 is 46.3 Å². The number of hydrogen-bond acceptors (Lipinski definition) is 4. The molecule has 5 nitrogen and oxygen atoms in total. The molecule has 0 aliphatic heterocycles. The van der Waals surface area contributed by atoms with Gasteiger partial charge in [0.2, 0.25) is 6.41 Å². The Morgan fingerprint density at radius 1 is 1.29 bits per heavy atom. The molecular weight excluding hydrogens is 229 g/mol. The topological polar surface area (TPSA) is 68.0 Å². The number of anilines is 1. The molecule has 72 valence electrons. The number of rotatable bonds is 2. The van der Waals surface area contributed by atoms with Crippen LogP contribution in [0.2, 0.25) is 10.0 Å². The van der Waals surface area contributed by atoms with Crippen LogP contribution >= 0.6 is 23.2 Å². The molecule has 0 unspecified atom stereocenters. The fourth-order valence-electron chi connectivity index (χ4n) is 1.07. The highest BCUT2D eigenvalue weighted by molar-refractivity contribution is 6.40. The SMILES string of the molecule is O=CNc1c(Cl)cc(Cl)c2nonc12. The van der Waals surface area contributed by atoms with Gasteiger partial charge in [-0.25, -0.2) is 4.63 Å². The lowest BCUT2D eigenvalue weighted by Gasteiger charge is -2.01. The van der Waals surface area contributed by atoms with Crippen molar-refractivity contribution in [2.24, 2.45) is 0 Å². The third-order valence-corrected chi connectivity index (χ3v) is 2.23. The van der Waals surface area contributed by atoms with Crippen molar-refractivity contribution in [2.45, 2.75) is 0 Å². The predicted octanol–water partition coefficient (Wildman–Crippen LogP) is 2.10. The first-order chi connectivity index (χ1) is 6.74. The molecule has 0 bridgehead atoms. The highest BCUT2D eigenvalue weighted by Crippen LogP contribution is 2.33. The first-order valence-electron chi connectivity index (χ1n) is 3.54. The zero-order valence-corrected chi connectivity index (χ0v) is 8.13. The summed E-state index contributed by atoms with van der Waals surface area (Å²) in [5.41, 5.74) is 1.03. The molecule has 0 aliphatic rings. The summed E-state index contributed by atoms with van der Waals surface area (Å²) in [4.78, 5) is 10.3. The summed E-state index contributed by atoms with van der Waals surface area (Å²) < 4.78 is 4.49. The molecule has 2 rings (SSSR count). The number of benzene rings is 1. The van der Waals surface area contributed by atoms with Gasteiger partial charge in [-0.05, 0) is 16.4 Å². The summed E-state index contributed by atoms with van der Waals surface area (Å²) in [6.45, 7) is 0. The molecule has 1 N–H and O–H groups in total.